The third-order valence-corrected chi connectivity index (χ3v) is 6.17. The van der Waals surface area contributed by atoms with Gasteiger partial charge >= 0.3 is 0 Å². The number of anilines is 1. The quantitative estimate of drug-likeness (QED) is 0.418. The van der Waals surface area contributed by atoms with Crippen molar-refractivity contribution in [2.75, 3.05) is 18.4 Å². The van der Waals surface area contributed by atoms with Crippen molar-refractivity contribution in [3.05, 3.63) is 75.9 Å². The Hall–Kier alpha value is -2.83. The molecule has 3 aromatic rings. The first-order valence-corrected chi connectivity index (χ1v) is 12.0. The minimum absolute atomic E-state index is 0.0402. The molecule has 0 unspecified atom stereocenters. The van der Waals surface area contributed by atoms with Gasteiger partial charge in [-0.05, 0) is 37.1 Å². The zero-order valence-electron chi connectivity index (χ0n) is 19.9. The molecule has 0 aliphatic carbocycles. The van der Waals surface area contributed by atoms with Gasteiger partial charge in [0, 0.05) is 24.4 Å². The summed E-state index contributed by atoms with van der Waals surface area (Å²) < 4.78 is 1.63. The van der Waals surface area contributed by atoms with Crippen LogP contribution < -0.4 is 5.32 Å². The largest absolute Gasteiger partial charge is 0.334 e. The van der Waals surface area contributed by atoms with E-state index < -0.39 is 0 Å². The van der Waals surface area contributed by atoms with Crippen LogP contribution in [0.15, 0.2) is 54.6 Å². The van der Waals surface area contributed by atoms with E-state index in [1.807, 2.05) is 64.1 Å². The van der Waals surface area contributed by atoms with Crippen LogP contribution in [-0.4, -0.2) is 39.6 Å². The maximum absolute atomic E-state index is 12.9. The maximum atomic E-state index is 12.9. The molecule has 0 aliphatic rings. The van der Waals surface area contributed by atoms with Gasteiger partial charge in [-0.15, -0.1) is 0 Å². The number of aryl methyl sites for hydroxylation is 1. The molecule has 0 spiro atoms. The highest BCUT2D eigenvalue weighted by Gasteiger charge is 2.23. The first-order chi connectivity index (χ1) is 16.1. The second-order valence-electron chi connectivity index (χ2n) is 9.12. The zero-order chi connectivity index (χ0) is 24.9. The van der Waals surface area contributed by atoms with E-state index in [1.54, 1.807) is 27.8 Å². The highest BCUT2D eigenvalue weighted by molar-refractivity contribution is 6.42. The smallest absolute Gasteiger partial charge is 0.245 e. The summed E-state index contributed by atoms with van der Waals surface area (Å²) in [6, 6.07) is 16.9. The fourth-order valence-electron chi connectivity index (χ4n) is 3.44. The predicted molar refractivity (Wildman–Crippen MR) is 138 cm³/mol. The van der Waals surface area contributed by atoms with E-state index in [4.69, 9.17) is 28.3 Å². The number of hydrogen-bond acceptors (Lipinski definition) is 3. The Kier molecular flexibility index (Phi) is 8.39. The van der Waals surface area contributed by atoms with Gasteiger partial charge in [-0.1, -0.05) is 74.3 Å². The minimum Gasteiger partial charge on any atom is -0.334 e. The van der Waals surface area contributed by atoms with Crippen molar-refractivity contribution in [1.29, 1.82) is 0 Å². The lowest BCUT2D eigenvalue weighted by Gasteiger charge is -2.20. The molecule has 1 aromatic heterocycles. The van der Waals surface area contributed by atoms with Crippen LogP contribution in [0.2, 0.25) is 10.0 Å². The minimum atomic E-state index is -0.295. The summed E-state index contributed by atoms with van der Waals surface area (Å²) in [7, 11) is 0. The Bertz CT molecular complexity index is 1150. The van der Waals surface area contributed by atoms with Crippen molar-refractivity contribution < 1.29 is 9.59 Å². The summed E-state index contributed by atoms with van der Waals surface area (Å²) in [6.45, 7) is 8.41. The van der Waals surface area contributed by atoms with Crippen LogP contribution in [0.25, 0.3) is 5.69 Å². The van der Waals surface area contributed by atoms with E-state index in [9.17, 15) is 9.59 Å². The molecule has 3 rings (SSSR count). The highest BCUT2D eigenvalue weighted by atomic mass is 35.5. The Morgan fingerprint density at radius 2 is 1.74 bits per heavy atom. The SMILES string of the molecule is CCN(CC(=O)Nc1cc(C(C)(C)C)nn1-c1ccc(Cl)c(Cl)c1)C(=O)CCc1ccccc1. The first-order valence-electron chi connectivity index (χ1n) is 11.3. The van der Waals surface area contributed by atoms with Gasteiger partial charge in [0.15, 0.2) is 0 Å². The van der Waals surface area contributed by atoms with Crippen molar-refractivity contribution in [2.24, 2.45) is 0 Å². The van der Waals surface area contributed by atoms with Crippen LogP contribution in [-0.2, 0) is 21.4 Å². The van der Waals surface area contributed by atoms with E-state index >= 15 is 0 Å². The Morgan fingerprint density at radius 1 is 1.03 bits per heavy atom. The number of likely N-dealkylation sites (N-methyl/N-ethyl adjacent to an activating group) is 1. The monoisotopic (exact) mass is 500 g/mol. The fraction of sp³-hybridized carbons (Fsp3) is 0.346. The van der Waals surface area contributed by atoms with Crippen molar-refractivity contribution in [3.8, 4) is 5.69 Å². The van der Waals surface area contributed by atoms with Crippen LogP contribution >= 0.6 is 23.2 Å². The molecule has 34 heavy (non-hydrogen) atoms. The predicted octanol–water partition coefficient (Wildman–Crippen LogP) is 5.90. The van der Waals surface area contributed by atoms with Crippen molar-refractivity contribution in [3.63, 3.8) is 0 Å². The molecule has 0 aliphatic heterocycles. The lowest BCUT2D eigenvalue weighted by Crippen LogP contribution is -2.38. The summed E-state index contributed by atoms with van der Waals surface area (Å²) in [6.07, 6.45) is 0.983. The average Bonchev–Trinajstić information content (AvgIpc) is 3.22. The van der Waals surface area contributed by atoms with Gasteiger partial charge in [0.1, 0.15) is 5.82 Å². The molecule has 2 amide bonds. The number of halogens is 2. The molecule has 0 atom stereocenters. The van der Waals surface area contributed by atoms with Crippen LogP contribution in [0.3, 0.4) is 0 Å². The molecule has 2 aromatic carbocycles. The third kappa shape index (κ3) is 6.61. The van der Waals surface area contributed by atoms with E-state index in [1.165, 1.54) is 0 Å². The fourth-order valence-corrected chi connectivity index (χ4v) is 3.73. The average molecular weight is 501 g/mol. The number of aromatic nitrogens is 2. The molecule has 8 heteroatoms. The lowest BCUT2D eigenvalue weighted by atomic mass is 9.92. The first kappa shape index (κ1) is 25.8. The summed E-state index contributed by atoms with van der Waals surface area (Å²) >= 11 is 12.3. The maximum Gasteiger partial charge on any atom is 0.245 e. The molecule has 180 valence electrons. The number of carbonyl (C=O) groups excluding carboxylic acids is 2. The van der Waals surface area contributed by atoms with E-state index in [0.29, 0.717) is 40.9 Å². The number of nitrogens with one attached hydrogen (secondary N) is 1. The van der Waals surface area contributed by atoms with Gasteiger partial charge in [0.2, 0.25) is 11.8 Å². The summed E-state index contributed by atoms with van der Waals surface area (Å²) in [4.78, 5) is 27.2. The molecular formula is C26H30Cl2N4O2. The molecule has 0 saturated heterocycles. The van der Waals surface area contributed by atoms with Gasteiger partial charge in [-0.3, -0.25) is 9.59 Å². The topological polar surface area (TPSA) is 67.2 Å². The lowest BCUT2D eigenvalue weighted by molar-refractivity contribution is -0.134. The van der Waals surface area contributed by atoms with Gasteiger partial charge in [0.25, 0.3) is 0 Å². The normalized spacial score (nSPS) is 11.4. The second kappa shape index (κ2) is 11.1. The number of hydrogen-bond donors (Lipinski definition) is 1. The van der Waals surface area contributed by atoms with Crippen LogP contribution in [0.5, 0.6) is 0 Å². The van der Waals surface area contributed by atoms with Gasteiger partial charge < -0.3 is 10.2 Å². The molecule has 0 bridgehead atoms. The van der Waals surface area contributed by atoms with Crippen LogP contribution in [0, 0.1) is 0 Å². The van der Waals surface area contributed by atoms with E-state index in [2.05, 4.69) is 5.32 Å². The van der Waals surface area contributed by atoms with Crippen molar-refractivity contribution in [1.82, 2.24) is 14.7 Å². The molecule has 1 N–H and O–H groups in total. The Labute approximate surface area is 210 Å². The number of benzene rings is 2. The third-order valence-electron chi connectivity index (χ3n) is 5.43. The molecule has 0 saturated carbocycles. The second-order valence-corrected chi connectivity index (χ2v) is 9.93. The highest BCUT2D eigenvalue weighted by Crippen LogP contribution is 2.29. The molecule has 0 radical (unpaired) electrons. The molecule has 6 nitrogen and oxygen atoms in total. The summed E-state index contributed by atoms with van der Waals surface area (Å²) in [5, 5.41) is 8.44. The van der Waals surface area contributed by atoms with Gasteiger partial charge in [-0.25, -0.2) is 4.68 Å². The molecular weight excluding hydrogens is 471 g/mol. The van der Waals surface area contributed by atoms with Crippen LogP contribution in [0.4, 0.5) is 5.82 Å². The van der Waals surface area contributed by atoms with E-state index in [0.717, 1.165) is 11.3 Å². The van der Waals surface area contributed by atoms with Gasteiger partial charge in [-0.2, -0.15) is 5.10 Å². The summed E-state index contributed by atoms with van der Waals surface area (Å²) in [5.74, 6) is 0.146. The summed E-state index contributed by atoms with van der Waals surface area (Å²) in [5.41, 5.74) is 2.34. The molecule has 1 heterocycles. The number of rotatable bonds is 8. The van der Waals surface area contributed by atoms with Crippen LogP contribution in [0.1, 0.15) is 45.4 Å². The number of amides is 2. The standard InChI is InChI=1S/C26H30Cl2N4O2/c1-5-31(25(34)14-11-18-9-7-6-8-10-18)17-24(33)29-23-16-22(26(2,3)4)30-32(23)19-12-13-20(27)21(28)15-19/h6-10,12-13,15-16H,5,11,14,17H2,1-4H3,(H,29,33). The number of carbonyl (C=O) groups is 2. The number of nitrogens with zero attached hydrogens (tertiary/aromatic N) is 3. The Balaban J connectivity index is 1.75. The molecule has 0 fully saturated rings. The van der Waals surface area contributed by atoms with Gasteiger partial charge in [0.05, 0.1) is 28.0 Å². The van der Waals surface area contributed by atoms with E-state index in [-0.39, 0.29) is 23.8 Å². The van der Waals surface area contributed by atoms with Crippen molar-refractivity contribution >= 4 is 40.8 Å². The van der Waals surface area contributed by atoms with Crippen molar-refractivity contribution in [2.45, 2.75) is 46.0 Å². The Morgan fingerprint density at radius 3 is 2.35 bits per heavy atom. The zero-order valence-corrected chi connectivity index (χ0v) is 21.5.